The molecule has 0 aromatic heterocycles. The highest BCUT2D eigenvalue weighted by Gasteiger charge is 2.25. The maximum Gasteiger partial charge on any atom is 0.222 e. The highest BCUT2D eigenvalue weighted by Crippen LogP contribution is 2.28. The zero-order chi connectivity index (χ0) is 19.9. The Morgan fingerprint density at radius 1 is 0.828 bits per heavy atom. The third kappa shape index (κ3) is 6.29. The van der Waals surface area contributed by atoms with E-state index < -0.39 is 0 Å². The van der Waals surface area contributed by atoms with Crippen molar-refractivity contribution in [3.63, 3.8) is 0 Å². The molecule has 2 aliphatic heterocycles. The molecule has 0 N–H and O–H groups in total. The van der Waals surface area contributed by atoms with Gasteiger partial charge < -0.3 is 9.64 Å². The maximum absolute atomic E-state index is 12.6. The first-order valence-electron chi connectivity index (χ1n) is 11.9. The van der Waals surface area contributed by atoms with E-state index in [1.807, 2.05) is 0 Å². The van der Waals surface area contributed by atoms with E-state index in [1.165, 1.54) is 43.2 Å². The number of nitrogens with zero attached hydrogens (tertiary/aromatic N) is 2. The van der Waals surface area contributed by atoms with E-state index in [9.17, 15) is 4.79 Å². The molecule has 4 heteroatoms. The van der Waals surface area contributed by atoms with Gasteiger partial charge in [0.2, 0.25) is 5.91 Å². The molecule has 1 aromatic rings. The number of hydrogen-bond donors (Lipinski definition) is 0. The minimum Gasteiger partial charge on any atom is -0.379 e. The molecular formula is C25H38N2O2. The summed E-state index contributed by atoms with van der Waals surface area (Å²) in [5, 5.41) is 0. The predicted octanol–water partition coefficient (Wildman–Crippen LogP) is 4.27. The molecule has 4 nitrogen and oxygen atoms in total. The number of amides is 1. The molecule has 1 aromatic carbocycles. The van der Waals surface area contributed by atoms with Gasteiger partial charge in [-0.25, -0.2) is 0 Å². The predicted molar refractivity (Wildman–Crippen MR) is 117 cm³/mol. The number of carbonyl (C=O) groups is 1. The molecule has 1 amide bonds. The summed E-state index contributed by atoms with van der Waals surface area (Å²) in [5.41, 5.74) is 2.85. The van der Waals surface area contributed by atoms with Gasteiger partial charge in [-0.3, -0.25) is 9.69 Å². The minimum atomic E-state index is 0.419. The number of carbonyl (C=O) groups excluding carboxylic acids is 1. The molecule has 3 fully saturated rings. The highest BCUT2D eigenvalue weighted by molar-refractivity contribution is 5.76. The van der Waals surface area contributed by atoms with Gasteiger partial charge in [0.15, 0.2) is 0 Å². The summed E-state index contributed by atoms with van der Waals surface area (Å²) < 4.78 is 5.44. The van der Waals surface area contributed by atoms with Crippen molar-refractivity contribution in [1.82, 2.24) is 9.80 Å². The molecule has 1 saturated carbocycles. The van der Waals surface area contributed by atoms with Crippen molar-refractivity contribution in [2.24, 2.45) is 11.8 Å². The molecule has 0 radical (unpaired) electrons. The SMILES string of the molecule is O=C(CC1CCCCC1)N1CCC(Cc2ccc(CN3CCOCC3)cc2)CC1. The molecule has 0 bridgehead atoms. The van der Waals surface area contributed by atoms with E-state index >= 15 is 0 Å². The molecule has 1 aliphatic carbocycles. The Bertz CT molecular complexity index is 625. The fraction of sp³-hybridized carbons (Fsp3) is 0.720. The van der Waals surface area contributed by atoms with Crippen molar-refractivity contribution < 1.29 is 9.53 Å². The Balaban J connectivity index is 1.18. The molecule has 2 saturated heterocycles. The van der Waals surface area contributed by atoms with Gasteiger partial charge in [-0.2, -0.15) is 0 Å². The zero-order valence-corrected chi connectivity index (χ0v) is 18.0. The van der Waals surface area contributed by atoms with Gasteiger partial charge in [0.05, 0.1) is 13.2 Å². The first kappa shape index (κ1) is 20.9. The fourth-order valence-electron chi connectivity index (χ4n) is 5.29. The number of likely N-dealkylation sites (tertiary alicyclic amines) is 1. The summed E-state index contributed by atoms with van der Waals surface area (Å²) >= 11 is 0. The van der Waals surface area contributed by atoms with Gasteiger partial charge in [0.25, 0.3) is 0 Å². The first-order valence-corrected chi connectivity index (χ1v) is 11.9. The van der Waals surface area contributed by atoms with Crippen LogP contribution < -0.4 is 0 Å². The fourth-order valence-corrected chi connectivity index (χ4v) is 5.29. The number of hydrogen-bond acceptors (Lipinski definition) is 3. The van der Waals surface area contributed by atoms with Crippen LogP contribution in [0.2, 0.25) is 0 Å². The maximum atomic E-state index is 12.6. The monoisotopic (exact) mass is 398 g/mol. The lowest BCUT2D eigenvalue weighted by Crippen LogP contribution is -2.39. The summed E-state index contributed by atoms with van der Waals surface area (Å²) in [6.45, 7) is 6.77. The molecule has 0 unspecified atom stereocenters. The van der Waals surface area contributed by atoms with Crippen molar-refractivity contribution in [2.75, 3.05) is 39.4 Å². The topological polar surface area (TPSA) is 32.8 Å². The lowest BCUT2D eigenvalue weighted by molar-refractivity contribution is -0.133. The van der Waals surface area contributed by atoms with Crippen LogP contribution in [-0.4, -0.2) is 55.1 Å². The average Bonchev–Trinajstić information content (AvgIpc) is 2.77. The molecular weight excluding hydrogens is 360 g/mol. The molecule has 3 aliphatic rings. The minimum absolute atomic E-state index is 0.419. The van der Waals surface area contributed by atoms with Crippen molar-refractivity contribution in [3.8, 4) is 0 Å². The molecule has 0 atom stereocenters. The van der Waals surface area contributed by atoms with Crippen molar-refractivity contribution in [1.29, 1.82) is 0 Å². The Hall–Kier alpha value is -1.39. The van der Waals surface area contributed by atoms with E-state index in [1.54, 1.807) is 0 Å². The largest absolute Gasteiger partial charge is 0.379 e. The van der Waals surface area contributed by atoms with E-state index in [-0.39, 0.29) is 0 Å². The lowest BCUT2D eigenvalue weighted by atomic mass is 9.86. The smallest absolute Gasteiger partial charge is 0.222 e. The van der Waals surface area contributed by atoms with Crippen molar-refractivity contribution in [2.45, 2.75) is 64.3 Å². The Morgan fingerprint density at radius 3 is 2.17 bits per heavy atom. The number of rotatable bonds is 6. The van der Waals surface area contributed by atoms with Crippen LogP contribution in [0.25, 0.3) is 0 Å². The zero-order valence-electron chi connectivity index (χ0n) is 18.0. The molecule has 29 heavy (non-hydrogen) atoms. The van der Waals surface area contributed by atoms with E-state index in [4.69, 9.17) is 4.74 Å². The molecule has 160 valence electrons. The van der Waals surface area contributed by atoms with Crippen LogP contribution in [0.1, 0.15) is 62.5 Å². The Labute approximate surface area is 176 Å². The van der Waals surface area contributed by atoms with Crippen LogP contribution in [0, 0.1) is 11.8 Å². The third-order valence-electron chi connectivity index (χ3n) is 7.21. The van der Waals surface area contributed by atoms with Crippen molar-refractivity contribution >= 4 is 5.91 Å². The number of morpholine rings is 1. The van der Waals surface area contributed by atoms with Crippen LogP contribution in [0.3, 0.4) is 0 Å². The van der Waals surface area contributed by atoms with Crippen LogP contribution >= 0.6 is 0 Å². The van der Waals surface area contributed by atoms with Gasteiger partial charge in [-0.05, 0) is 55.1 Å². The Kier molecular flexibility index (Phi) is 7.61. The standard InChI is InChI=1S/C25H38N2O2/c28-25(19-21-4-2-1-3-5-21)27-12-10-23(11-13-27)18-22-6-8-24(9-7-22)20-26-14-16-29-17-15-26/h6-9,21,23H,1-5,10-20H2. The molecule has 2 heterocycles. The summed E-state index contributed by atoms with van der Waals surface area (Å²) in [5.74, 6) is 1.80. The van der Waals surface area contributed by atoms with E-state index in [2.05, 4.69) is 34.1 Å². The summed E-state index contributed by atoms with van der Waals surface area (Å²) in [7, 11) is 0. The molecule has 0 spiro atoms. The van der Waals surface area contributed by atoms with Crippen LogP contribution in [0.4, 0.5) is 0 Å². The van der Waals surface area contributed by atoms with E-state index in [0.717, 1.165) is 77.5 Å². The normalized spacial score (nSPS) is 22.7. The summed E-state index contributed by atoms with van der Waals surface area (Å²) in [6, 6.07) is 9.23. The second-order valence-corrected chi connectivity index (χ2v) is 9.44. The van der Waals surface area contributed by atoms with Crippen molar-refractivity contribution in [3.05, 3.63) is 35.4 Å². The third-order valence-corrected chi connectivity index (χ3v) is 7.21. The highest BCUT2D eigenvalue weighted by atomic mass is 16.5. The number of benzene rings is 1. The summed E-state index contributed by atoms with van der Waals surface area (Å²) in [6.07, 6.45) is 10.8. The van der Waals surface area contributed by atoms with Gasteiger partial charge in [-0.15, -0.1) is 0 Å². The second kappa shape index (κ2) is 10.6. The van der Waals surface area contributed by atoms with Crippen LogP contribution in [-0.2, 0) is 22.5 Å². The Morgan fingerprint density at radius 2 is 1.48 bits per heavy atom. The molecule has 4 rings (SSSR count). The number of ether oxygens (including phenoxy) is 1. The van der Waals surface area contributed by atoms with Crippen LogP contribution in [0.5, 0.6) is 0 Å². The summed E-state index contributed by atoms with van der Waals surface area (Å²) in [4.78, 5) is 17.3. The van der Waals surface area contributed by atoms with Crippen LogP contribution in [0.15, 0.2) is 24.3 Å². The van der Waals surface area contributed by atoms with Gasteiger partial charge >= 0.3 is 0 Å². The van der Waals surface area contributed by atoms with Gasteiger partial charge in [-0.1, -0.05) is 43.5 Å². The van der Waals surface area contributed by atoms with Gasteiger partial charge in [0.1, 0.15) is 0 Å². The average molecular weight is 399 g/mol. The van der Waals surface area contributed by atoms with Gasteiger partial charge in [0, 0.05) is 39.1 Å². The van der Waals surface area contributed by atoms with E-state index in [0.29, 0.717) is 11.8 Å². The second-order valence-electron chi connectivity index (χ2n) is 9.44. The lowest BCUT2D eigenvalue weighted by Gasteiger charge is -2.33. The number of piperidine rings is 1. The first-order chi connectivity index (χ1) is 14.3. The quantitative estimate of drug-likeness (QED) is 0.717.